The largest absolute Gasteiger partial charge is 0.369 e. The van der Waals surface area contributed by atoms with Crippen LogP contribution >= 0.6 is 23.2 Å². The number of benzene rings is 1. The molecule has 2 N–H and O–H groups in total. The third-order valence-corrected chi connectivity index (χ3v) is 6.71. The van der Waals surface area contributed by atoms with Gasteiger partial charge in [-0.15, -0.1) is 0 Å². The molecular formula is C24H41Cl2N3O. The number of halogens is 2. The summed E-state index contributed by atoms with van der Waals surface area (Å²) >= 11 is 12.8. The van der Waals surface area contributed by atoms with E-state index in [4.69, 9.17) is 28.9 Å². The van der Waals surface area contributed by atoms with Gasteiger partial charge in [0.2, 0.25) is 5.91 Å². The first-order valence-corrected chi connectivity index (χ1v) is 11.9. The molecule has 0 fully saturated rings. The van der Waals surface area contributed by atoms with Crippen LogP contribution in [-0.4, -0.2) is 53.0 Å². The summed E-state index contributed by atoms with van der Waals surface area (Å²) in [6.45, 7) is 19.0. The van der Waals surface area contributed by atoms with E-state index in [1.807, 2.05) is 6.07 Å². The molecule has 0 saturated carbocycles. The highest BCUT2D eigenvalue weighted by atomic mass is 35.5. The fourth-order valence-electron chi connectivity index (χ4n) is 4.52. The van der Waals surface area contributed by atoms with Crippen LogP contribution in [0.4, 0.5) is 0 Å². The maximum absolute atomic E-state index is 13.1. The van der Waals surface area contributed by atoms with Gasteiger partial charge in [0.05, 0.1) is 5.41 Å². The summed E-state index contributed by atoms with van der Waals surface area (Å²) in [5, 5.41) is 1.06. The van der Waals surface area contributed by atoms with Gasteiger partial charge in [0.25, 0.3) is 0 Å². The molecule has 0 aromatic heterocycles. The van der Waals surface area contributed by atoms with Crippen molar-refractivity contribution in [3.63, 3.8) is 0 Å². The summed E-state index contributed by atoms with van der Waals surface area (Å²) in [5.74, 6) is -0.327. The second-order valence-corrected chi connectivity index (χ2v) is 10.3. The minimum Gasteiger partial charge on any atom is -0.369 e. The Labute approximate surface area is 194 Å². The van der Waals surface area contributed by atoms with Crippen LogP contribution in [0.2, 0.25) is 10.0 Å². The van der Waals surface area contributed by atoms with Crippen molar-refractivity contribution in [3.05, 3.63) is 33.8 Å². The van der Waals surface area contributed by atoms with Crippen LogP contribution in [0.1, 0.15) is 73.8 Å². The van der Waals surface area contributed by atoms with Crippen LogP contribution in [0.25, 0.3) is 0 Å². The molecule has 0 heterocycles. The van der Waals surface area contributed by atoms with Gasteiger partial charge in [-0.05, 0) is 85.9 Å². The maximum Gasteiger partial charge on any atom is 0.228 e. The Morgan fingerprint density at radius 3 is 1.57 bits per heavy atom. The summed E-state index contributed by atoms with van der Waals surface area (Å²) in [6.07, 6.45) is 1.23. The highest BCUT2D eigenvalue weighted by Gasteiger charge is 2.41. The zero-order valence-corrected chi connectivity index (χ0v) is 21.5. The summed E-state index contributed by atoms with van der Waals surface area (Å²) in [5.41, 5.74) is 6.04. The summed E-state index contributed by atoms with van der Waals surface area (Å²) in [6, 6.07) is 6.88. The van der Waals surface area contributed by atoms with Gasteiger partial charge in [0.15, 0.2) is 0 Å². The first-order valence-electron chi connectivity index (χ1n) is 11.1. The van der Waals surface area contributed by atoms with Crippen molar-refractivity contribution in [2.24, 2.45) is 5.73 Å². The molecule has 1 aromatic rings. The molecule has 0 atom stereocenters. The Bertz CT molecular complexity index is 649. The number of primary amides is 1. The lowest BCUT2D eigenvalue weighted by molar-refractivity contribution is -0.124. The van der Waals surface area contributed by atoms with Gasteiger partial charge < -0.3 is 5.73 Å². The van der Waals surface area contributed by atoms with Crippen molar-refractivity contribution in [1.29, 1.82) is 0 Å². The zero-order chi connectivity index (χ0) is 23.2. The van der Waals surface area contributed by atoms with E-state index in [1.54, 1.807) is 12.1 Å². The number of rotatable bonds is 12. The lowest BCUT2D eigenvalue weighted by atomic mass is 9.73. The Kier molecular flexibility index (Phi) is 10.6. The number of nitrogens with two attached hydrogens (primary N) is 1. The number of nitrogens with zero attached hydrogens (tertiary/aromatic N) is 2. The fourth-order valence-corrected chi connectivity index (χ4v) is 5.11. The van der Waals surface area contributed by atoms with E-state index >= 15 is 0 Å². The average Bonchev–Trinajstić information content (AvgIpc) is 2.59. The van der Waals surface area contributed by atoms with E-state index in [-0.39, 0.29) is 5.91 Å². The third-order valence-electron chi connectivity index (χ3n) is 6.17. The molecule has 172 valence electrons. The van der Waals surface area contributed by atoms with Crippen molar-refractivity contribution >= 4 is 29.1 Å². The SMILES string of the molecule is CC(C)N(CCC(CCN(C(C)C)C(C)C)(C(N)=O)c1ccc(Cl)cc1Cl)C(C)C. The topological polar surface area (TPSA) is 49.6 Å². The fraction of sp³-hybridized carbons (Fsp3) is 0.708. The van der Waals surface area contributed by atoms with Crippen molar-refractivity contribution in [2.75, 3.05) is 13.1 Å². The molecule has 0 aliphatic heterocycles. The van der Waals surface area contributed by atoms with Crippen molar-refractivity contribution in [3.8, 4) is 0 Å². The molecule has 1 aromatic carbocycles. The highest BCUT2D eigenvalue weighted by molar-refractivity contribution is 6.35. The van der Waals surface area contributed by atoms with Gasteiger partial charge >= 0.3 is 0 Å². The number of hydrogen-bond acceptors (Lipinski definition) is 3. The Morgan fingerprint density at radius 1 is 0.867 bits per heavy atom. The number of carbonyl (C=O) groups excluding carboxylic acids is 1. The summed E-state index contributed by atoms with van der Waals surface area (Å²) in [4.78, 5) is 17.8. The molecule has 1 amide bonds. The lowest BCUT2D eigenvalue weighted by Crippen LogP contribution is -2.49. The monoisotopic (exact) mass is 457 g/mol. The molecule has 0 aliphatic carbocycles. The van der Waals surface area contributed by atoms with Crippen molar-refractivity contribution in [1.82, 2.24) is 9.80 Å². The molecule has 0 spiro atoms. The van der Waals surface area contributed by atoms with Gasteiger partial charge in [-0.25, -0.2) is 0 Å². The van der Waals surface area contributed by atoms with Gasteiger partial charge in [-0.2, -0.15) is 0 Å². The molecule has 30 heavy (non-hydrogen) atoms. The van der Waals surface area contributed by atoms with Gasteiger partial charge in [-0.1, -0.05) is 29.3 Å². The molecular weight excluding hydrogens is 417 g/mol. The van der Waals surface area contributed by atoms with Gasteiger partial charge in [0, 0.05) is 47.3 Å². The van der Waals surface area contributed by atoms with Crippen molar-refractivity contribution in [2.45, 2.75) is 97.8 Å². The van der Waals surface area contributed by atoms with E-state index in [0.29, 0.717) is 47.1 Å². The van der Waals surface area contributed by atoms with Gasteiger partial charge in [0.1, 0.15) is 0 Å². The Balaban J connectivity index is 3.41. The van der Waals surface area contributed by atoms with E-state index in [1.165, 1.54) is 0 Å². The number of carbonyl (C=O) groups is 1. The average molecular weight is 459 g/mol. The van der Waals surface area contributed by atoms with Crippen molar-refractivity contribution < 1.29 is 4.79 Å². The molecule has 1 rings (SSSR count). The molecule has 0 bridgehead atoms. The highest BCUT2D eigenvalue weighted by Crippen LogP contribution is 2.38. The first-order chi connectivity index (χ1) is 13.8. The first kappa shape index (κ1) is 27.2. The molecule has 0 aliphatic rings. The quantitative estimate of drug-likeness (QED) is 0.435. The minimum absolute atomic E-state index is 0.327. The lowest BCUT2D eigenvalue weighted by Gasteiger charge is -2.39. The van der Waals surface area contributed by atoms with Crippen LogP contribution in [0.15, 0.2) is 18.2 Å². The Morgan fingerprint density at radius 2 is 1.27 bits per heavy atom. The van der Waals surface area contributed by atoms with Crippen LogP contribution < -0.4 is 5.73 Å². The molecule has 4 nitrogen and oxygen atoms in total. The summed E-state index contributed by atoms with van der Waals surface area (Å²) < 4.78 is 0. The predicted molar refractivity (Wildman–Crippen MR) is 131 cm³/mol. The molecule has 0 radical (unpaired) electrons. The third kappa shape index (κ3) is 6.85. The van der Waals surface area contributed by atoms with E-state index < -0.39 is 5.41 Å². The van der Waals surface area contributed by atoms with Crippen LogP contribution in [0.5, 0.6) is 0 Å². The Hall–Kier alpha value is -0.810. The predicted octanol–water partition coefficient (Wildman–Crippen LogP) is 5.73. The van der Waals surface area contributed by atoms with Gasteiger partial charge in [-0.3, -0.25) is 14.6 Å². The molecule has 0 saturated heterocycles. The van der Waals surface area contributed by atoms with E-state index in [9.17, 15) is 4.79 Å². The van der Waals surface area contributed by atoms with E-state index in [0.717, 1.165) is 18.7 Å². The second-order valence-electron chi connectivity index (χ2n) is 9.42. The second kappa shape index (κ2) is 11.7. The minimum atomic E-state index is -0.855. The van der Waals surface area contributed by atoms with Crippen LogP contribution in [0, 0.1) is 0 Å². The zero-order valence-electron chi connectivity index (χ0n) is 20.0. The van der Waals surface area contributed by atoms with Crippen LogP contribution in [0.3, 0.4) is 0 Å². The van der Waals surface area contributed by atoms with E-state index in [2.05, 4.69) is 65.2 Å². The molecule has 6 heteroatoms. The number of amides is 1. The smallest absolute Gasteiger partial charge is 0.228 e. The molecule has 0 unspecified atom stereocenters. The normalized spacial score (nSPS) is 12.9. The standard InChI is InChI=1S/C24H41Cl2N3O/c1-16(2)28(17(3)4)13-11-24(23(27)30,12-14-29(18(5)6)19(7)8)21-10-9-20(25)15-22(21)26/h9-10,15-19H,11-14H2,1-8H3,(H2,27,30). The number of hydrogen-bond donors (Lipinski definition) is 1. The maximum atomic E-state index is 13.1. The summed E-state index contributed by atoms with van der Waals surface area (Å²) in [7, 11) is 0. The van der Waals surface area contributed by atoms with Crippen LogP contribution in [-0.2, 0) is 10.2 Å².